The number of alkyl halides is 1. The minimum atomic E-state index is -0.963. The van der Waals surface area contributed by atoms with E-state index in [1.54, 1.807) is 11.8 Å². The number of carbonyl (C=O) groups excluding carboxylic acids is 1. The highest BCUT2D eigenvalue weighted by atomic mass is 127. The summed E-state index contributed by atoms with van der Waals surface area (Å²) in [4.78, 5) is 31.3. The van der Waals surface area contributed by atoms with Crippen molar-refractivity contribution < 1.29 is 23.8 Å². The van der Waals surface area contributed by atoms with Crippen LogP contribution >= 0.6 is 22.6 Å². The molecular weight excluding hydrogens is 523 g/mol. The zero-order valence-electron chi connectivity index (χ0n) is 16.3. The number of rotatable bonds is 4. The Labute approximate surface area is 189 Å². The number of aryl methyl sites for hydroxylation is 1. The summed E-state index contributed by atoms with van der Waals surface area (Å²) >= 11 is 1.82. The summed E-state index contributed by atoms with van der Waals surface area (Å²) in [5, 5.41) is 19.7. The van der Waals surface area contributed by atoms with Crippen molar-refractivity contribution in [2.75, 3.05) is 22.4 Å². The van der Waals surface area contributed by atoms with Crippen molar-refractivity contribution in [1.82, 2.24) is 9.55 Å². The second-order valence-electron chi connectivity index (χ2n) is 7.46. The van der Waals surface area contributed by atoms with Crippen molar-refractivity contribution in [2.24, 2.45) is 0 Å². The molecule has 0 bridgehead atoms. The van der Waals surface area contributed by atoms with Gasteiger partial charge in [0.25, 0.3) is 0 Å². The maximum absolute atomic E-state index is 14.8. The molecule has 0 saturated carbocycles. The highest BCUT2D eigenvalue weighted by Gasteiger charge is 2.31. The maximum Gasteiger partial charge on any atom is 0.201 e. The highest BCUT2D eigenvalue weighted by Crippen LogP contribution is 2.26. The first-order valence-electron chi connectivity index (χ1n) is 9.44. The third-order valence-electron chi connectivity index (χ3n) is 5.24. The molecule has 10 heteroatoms. The molecule has 0 aliphatic carbocycles. The molecule has 1 aliphatic rings. The quantitative estimate of drug-likeness (QED) is 0.299. The number of aromatic nitrogens is 2. The van der Waals surface area contributed by atoms with Crippen LogP contribution in [0.1, 0.15) is 15.9 Å². The van der Waals surface area contributed by atoms with Gasteiger partial charge < -0.3 is 15.1 Å². The first-order valence-corrected chi connectivity index (χ1v) is 11.0. The number of Topliss-reactive ketones (excluding diaryl/α,β-unsaturated/α-hetero) is 1. The number of nitrogens with zero attached hydrogens (tertiary/aromatic N) is 3. The Morgan fingerprint density at radius 1 is 1.19 bits per heavy atom. The summed E-state index contributed by atoms with van der Waals surface area (Å²) in [6.45, 7) is 1.77. The zero-order chi connectivity index (χ0) is 22.4. The van der Waals surface area contributed by atoms with Gasteiger partial charge in [-0.05, 0) is 36.8 Å². The molecular formula is C21H18F2IN3O4. The van der Waals surface area contributed by atoms with E-state index in [4.69, 9.17) is 0 Å². The molecule has 0 spiro atoms. The van der Waals surface area contributed by atoms with Crippen molar-refractivity contribution in [3.8, 4) is 5.69 Å². The van der Waals surface area contributed by atoms with Crippen LogP contribution < -0.4 is 10.3 Å². The Kier molecular flexibility index (Phi) is 5.79. The van der Waals surface area contributed by atoms with Crippen LogP contribution in [0.2, 0.25) is 0 Å². The fourth-order valence-corrected chi connectivity index (χ4v) is 4.10. The Hall–Kier alpha value is -2.44. The lowest BCUT2D eigenvalue weighted by Crippen LogP contribution is -2.24. The minimum absolute atomic E-state index is 0.0203. The van der Waals surface area contributed by atoms with Crippen LogP contribution in [0.5, 0.6) is 0 Å². The topological polar surface area (TPSA) is 95.7 Å². The van der Waals surface area contributed by atoms with Crippen LogP contribution in [0.3, 0.4) is 0 Å². The summed E-state index contributed by atoms with van der Waals surface area (Å²) in [7, 11) is 0. The smallest absolute Gasteiger partial charge is 0.201 e. The van der Waals surface area contributed by atoms with Crippen molar-refractivity contribution in [1.29, 1.82) is 0 Å². The summed E-state index contributed by atoms with van der Waals surface area (Å²) < 4.78 is 30.7. The first kappa shape index (κ1) is 21.8. The molecule has 1 saturated heterocycles. The Morgan fingerprint density at radius 3 is 2.39 bits per heavy atom. The van der Waals surface area contributed by atoms with Gasteiger partial charge in [-0.25, -0.2) is 13.8 Å². The molecule has 4 rings (SSSR count). The van der Waals surface area contributed by atoms with Crippen molar-refractivity contribution in [3.63, 3.8) is 0 Å². The van der Waals surface area contributed by atoms with Gasteiger partial charge >= 0.3 is 0 Å². The monoisotopic (exact) mass is 541 g/mol. The van der Waals surface area contributed by atoms with E-state index in [1.165, 1.54) is 12.1 Å². The molecule has 2 N–H and O–H groups in total. The average molecular weight is 541 g/mol. The van der Waals surface area contributed by atoms with E-state index in [-0.39, 0.29) is 34.1 Å². The molecule has 3 heterocycles. The van der Waals surface area contributed by atoms with Gasteiger partial charge in [-0.15, -0.1) is 0 Å². The molecule has 0 radical (unpaired) electrons. The van der Waals surface area contributed by atoms with Gasteiger partial charge in [-0.1, -0.05) is 22.6 Å². The second-order valence-corrected chi connectivity index (χ2v) is 8.22. The van der Waals surface area contributed by atoms with E-state index in [0.29, 0.717) is 11.4 Å². The van der Waals surface area contributed by atoms with Gasteiger partial charge in [-0.3, -0.25) is 14.2 Å². The van der Waals surface area contributed by atoms with Crippen LogP contribution in [0.15, 0.2) is 35.3 Å². The summed E-state index contributed by atoms with van der Waals surface area (Å²) in [5.41, 5.74) is -0.889. The normalized spacial score (nSPS) is 18.7. The number of hydrogen-bond donors (Lipinski definition) is 2. The predicted molar refractivity (Wildman–Crippen MR) is 119 cm³/mol. The molecule has 31 heavy (non-hydrogen) atoms. The van der Waals surface area contributed by atoms with E-state index in [2.05, 4.69) is 4.98 Å². The Bertz CT molecular complexity index is 1230. The highest BCUT2D eigenvalue weighted by molar-refractivity contribution is 14.1. The van der Waals surface area contributed by atoms with Crippen LogP contribution in [0.4, 0.5) is 14.6 Å². The molecule has 7 nitrogen and oxygen atoms in total. The number of fused-ring (bicyclic) bond motifs is 1. The van der Waals surface area contributed by atoms with Gasteiger partial charge in [0.1, 0.15) is 11.5 Å². The van der Waals surface area contributed by atoms with Crippen LogP contribution in [0, 0.1) is 18.6 Å². The standard InChI is InChI=1S/C21H18F2IN3O4/c1-10-4-13(22)19(14(23)5-10)27-7-12(15(28)6-24)20(31)11-2-3-18(25-21(11)27)26-8-16(29)17(30)9-26/h2-5,7,16-17,29-30H,6,8-9H2,1H3/t16-,17-/m1/s1. The van der Waals surface area contributed by atoms with E-state index < -0.39 is 40.7 Å². The molecule has 1 aromatic carbocycles. The van der Waals surface area contributed by atoms with Gasteiger partial charge in [-0.2, -0.15) is 0 Å². The largest absolute Gasteiger partial charge is 0.389 e. The van der Waals surface area contributed by atoms with Crippen molar-refractivity contribution in [3.05, 3.63) is 63.4 Å². The number of ketones is 1. The Morgan fingerprint density at radius 2 is 1.81 bits per heavy atom. The number of halogens is 3. The fourth-order valence-electron chi connectivity index (χ4n) is 3.69. The SMILES string of the molecule is Cc1cc(F)c(-n2cc(C(=O)CI)c(=O)c3ccc(N4C[C@@H](O)[C@H](O)C4)nc32)c(F)c1. The molecule has 1 fully saturated rings. The van der Waals surface area contributed by atoms with E-state index in [1.807, 2.05) is 22.6 Å². The lowest BCUT2D eigenvalue weighted by Gasteiger charge is -2.19. The third kappa shape index (κ3) is 3.83. The lowest BCUT2D eigenvalue weighted by atomic mass is 10.1. The van der Waals surface area contributed by atoms with Gasteiger partial charge in [0.05, 0.1) is 27.6 Å². The van der Waals surface area contributed by atoms with Crippen LogP contribution in [-0.2, 0) is 0 Å². The molecule has 162 valence electrons. The summed E-state index contributed by atoms with van der Waals surface area (Å²) in [5.74, 6) is -1.88. The summed E-state index contributed by atoms with van der Waals surface area (Å²) in [6.07, 6.45) is -0.807. The second kappa shape index (κ2) is 8.24. The fraction of sp³-hybridized carbons (Fsp3) is 0.286. The number of hydrogen-bond acceptors (Lipinski definition) is 6. The van der Waals surface area contributed by atoms with E-state index in [0.717, 1.165) is 22.9 Å². The number of benzene rings is 1. The molecule has 2 atom stereocenters. The number of carbonyl (C=O) groups is 1. The summed E-state index contributed by atoms with van der Waals surface area (Å²) in [6, 6.07) is 5.25. The third-order valence-corrected chi connectivity index (χ3v) is 5.94. The van der Waals surface area contributed by atoms with Gasteiger partial charge in [0.2, 0.25) is 5.43 Å². The maximum atomic E-state index is 14.8. The van der Waals surface area contributed by atoms with Crippen LogP contribution in [0.25, 0.3) is 16.7 Å². The zero-order valence-corrected chi connectivity index (χ0v) is 18.5. The average Bonchev–Trinajstić information content (AvgIpc) is 3.06. The first-order chi connectivity index (χ1) is 14.7. The molecule has 0 unspecified atom stereocenters. The minimum Gasteiger partial charge on any atom is -0.389 e. The van der Waals surface area contributed by atoms with Crippen molar-refractivity contribution in [2.45, 2.75) is 19.1 Å². The number of aliphatic hydroxyl groups is 2. The Balaban J connectivity index is 2.02. The molecule has 1 aliphatic heterocycles. The lowest BCUT2D eigenvalue weighted by molar-refractivity contribution is 0.0572. The van der Waals surface area contributed by atoms with E-state index in [9.17, 15) is 28.6 Å². The number of anilines is 1. The van der Waals surface area contributed by atoms with Crippen molar-refractivity contribution >= 4 is 45.2 Å². The number of pyridine rings is 2. The molecule has 3 aromatic rings. The van der Waals surface area contributed by atoms with Gasteiger partial charge in [0.15, 0.2) is 23.1 Å². The van der Waals surface area contributed by atoms with E-state index >= 15 is 0 Å². The predicted octanol–water partition coefficient (Wildman–Crippen LogP) is 2.13. The number of aliphatic hydroxyl groups excluding tert-OH is 2. The molecule has 2 aromatic heterocycles. The van der Waals surface area contributed by atoms with Crippen LogP contribution in [-0.4, -0.2) is 55.3 Å². The van der Waals surface area contributed by atoms with Gasteiger partial charge in [0, 0.05) is 19.3 Å². The number of β-amino-alcohol motifs (C(OH)–C–C–N with tert-alkyl or cyclic N) is 2. The molecule has 0 amide bonds.